The van der Waals surface area contributed by atoms with Gasteiger partial charge in [0.05, 0.1) is 6.26 Å². The van der Waals surface area contributed by atoms with Crippen LogP contribution in [0.3, 0.4) is 0 Å². The average molecular weight is 238 g/mol. The molecule has 1 aromatic carbocycles. The second-order valence-electron chi connectivity index (χ2n) is 4.28. The molecule has 2 aromatic heterocycles. The lowest BCUT2D eigenvalue weighted by Crippen LogP contribution is -1.91. The number of rotatable bonds is 2. The third-order valence-corrected chi connectivity index (χ3v) is 3.28. The van der Waals surface area contributed by atoms with Crippen LogP contribution in [0.1, 0.15) is 11.3 Å². The molecule has 3 heteroatoms. The minimum absolute atomic E-state index is 0.627. The predicted octanol–water partition coefficient (Wildman–Crippen LogP) is 3.83. The standard InChI is InChI=1S/C15H14N2O/c1-11-13(10-16-15-8-5-9-18-15)12-6-3-4-7-14(12)17(11)2/h3-10H,1-2H3. The second-order valence-corrected chi connectivity index (χ2v) is 4.28. The first kappa shape index (κ1) is 10.8. The van der Waals surface area contributed by atoms with E-state index in [-0.39, 0.29) is 0 Å². The number of aromatic nitrogens is 1. The Bertz CT molecular complexity index is 706. The Hall–Kier alpha value is -2.29. The normalized spacial score (nSPS) is 11.7. The smallest absolute Gasteiger partial charge is 0.218 e. The summed E-state index contributed by atoms with van der Waals surface area (Å²) in [4.78, 5) is 4.36. The van der Waals surface area contributed by atoms with Crippen LogP contribution >= 0.6 is 0 Å². The van der Waals surface area contributed by atoms with Crippen LogP contribution in [0, 0.1) is 6.92 Å². The van der Waals surface area contributed by atoms with E-state index in [1.165, 1.54) is 16.6 Å². The number of hydrogen-bond donors (Lipinski definition) is 0. The Labute approximate surface area is 105 Å². The largest absolute Gasteiger partial charge is 0.447 e. The number of para-hydroxylation sites is 1. The summed E-state index contributed by atoms with van der Waals surface area (Å²) in [6.07, 6.45) is 3.50. The molecule has 0 bridgehead atoms. The van der Waals surface area contributed by atoms with E-state index in [9.17, 15) is 0 Å². The fourth-order valence-corrected chi connectivity index (χ4v) is 2.18. The first-order valence-corrected chi connectivity index (χ1v) is 5.89. The molecule has 18 heavy (non-hydrogen) atoms. The molecule has 0 amide bonds. The molecule has 0 spiro atoms. The summed E-state index contributed by atoms with van der Waals surface area (Å²) in [6.45, 7) is 2.10. The van der Waals surface area contributed by atoms with Gasteiger partial charge in [0, 0.05) is 41.5 Å². The van der Waals surface area contributed by atoms with Crippen LogP contribution < -0.4 is 0 Å². The molecule has 2 heterocycles. The Kier molecular flexibility index (Phi) is 2.52. The van der Waals surface area contributed by atoms with Crippen molar-refractivity contribution in [3.05, 3.63) is 53.9 Å². The van der Waals surface area contributed by atoms with Gasteiger partial charge < -0.3 is 8.98 Å². The molecular formula is C15H14N2O. The zero-order chi connectivity index (χ0) is 12.5. The number of aryl methyl sites for hydroxylation is 1. The lowest BCUT2D eigenvalue weighted by atomic mass is 10.1. The maximum atomic E-state index is 5.21. The highest BCUT2D eigenvalue weighted by Gasteiger charge is 2.09. The molecule has 0 atom stereocenters. The Morgan fingerprint density at radius 2 is 2.00 bits per heavy atom. The molecule has 3 nitrogen and oxygen atoms in total. The van der Waals surface area contributed by atoms with Gasteiger partial charge in [0.25, 0.3) is 0 Å². The highest BCUT2D eigenvalue weighted by molar-refractivity contribution is 6.01. The first-order chi connectivity index (χ1) is 8.77. The van der Waals surface area contributed by atoms with Gasteiger partial charge in [0.15, 0.2) is 0 Å². The summed E-state index contributed by atoms with van der Waals surface area (Å²) >= 11 is 0. The van der Waals surface area contributed by atoms with Crippen LogP contribution in [-0.4, -0.2) is 10.8 Å². The van der Waals surface area contributed by atoms with Gasteiger partial charge in [-0.05, 0) is 19.1 Å². The van der Waals surface area contributed by atoms with Crippen molar-refractivity contribution in [2.75, 3.05) is 0 Å². The van der Waals surface area contributed by atoms with E-state index in [4.69, 9.17) is 4.42 Å². The Morgan fingerprint density at radius 3 is 2.78 bits per heavy atom. The molecule has 0 aliphatic heterocycles. The van der Waals surface area contributed by atoms with E-state index in [2.05, 4.69) is 41.7 Å². The molecule has 3 aromatic rings. The molecule has 0 saturated heterocycles. The topological polar surface area (TPSA) is 30.4 Å². The van der Waals surface area contributed by atoms with Gasteiger partial charge in [-0.1, -0.05) is 18.2 Å². The SMILES string of the molecule is Cc1c(C=Nc2ccco2)c2ccccc2n1C. The number of hydrogen-bond acceptors (Lipinski definition) is 2. The average Bonchev–Trinajstić information content (AvgIpc) is 2.98. The summed E-state index contributed by atoms with van der Waals surface area (Å²) in [5, 5.41) is 1.22. The van der Waals surface area contributed by atoms with Crippen LogP contribution in [-0.2, 0) is 7.05 Å². The number of fused-ring (bicyclic) bond motifs is 1. The molecule has 0 saturated carbocycles. The summed E-state index contributed by atoms with van der Waals surface area (Å²) in [7, 11) is 2.07. The van der Waals surface area contributed by atoms with E-state index in [1.807, 2.05) is 24.4 Å². The third kappa shape index (κ3) is 1.64. The van der Waals surface area contributed by atoms with Crippen molar-refractivity contribution in [1.82, 2.24) is 4.57 Å². The van der Waals surface area contributed by atoms with Crippen molar-refractivity contribution in [2.45, 2.75) is 6.92 Å². The lowest BCUT2D eigenvalue weighted by molar-refractivity contribution is 0.578. The van der Waals surface area contributed by atoms with Gasteiger partial charge >= 0.3 is 0 Å². The van der Waals surface area contributed by atoms with Gasteiger partial charge in [-0.2, -0.15) is 0 Å². The number of furan rings is 1. The zero-order valence-corrected chi connectivity index (χ0v) is 10.4. The van der Waals surface area contributed by atoms with Crippen LogP contribution in [0.5, 0.6) is 0 Å². The Morgan fingerprint density at radius 1 is 1.17 bits per heavy atom. The molecule has 0 N–H and O–H groups in total. The van der Waals surface area contributed by atoms with E-state index in [0.29, 0.717) is 5.88 Å². The van der Waals surface area contributed by atoms with Gasteiger partial charge in [0.1, 0.15) is 0 Å². The lowest BCUT2D eigenvalue weighted by Gasteiger charge is -1.97. The highest BCUT2D eigenvalue weighted by Crippen LogP contribution is 2.24. The van der Waals surface area contributed by atoms with Crippen LogP contribution in [0.2, 0.25) is 0 Å². The molecule has 3 rings (SSSR count). The number of nitrogens with zero attached hydrogens (tertiary/aromatic N) is 2. The minimum atomic E-state index is 0.627. The summed E-state index contributed by atoms with van der Waals surface area (Å²) in [5.74, 6) is 0.627. The number of benzene rings is 1. The van der Waals surface area contributed by atoms with Crippen LogP contribution in [0.15, 0.2) is 52.1 Å². The van der Waals surface area contributed by atoms with E-state index < -0.39 is 0 Å². The van der Waals surface area contributed by atoms with Crippen LogP contribution in [0.4, 0.5) is 5.88 Å². The van der Waals surface area contributed by atoms with Crippen molar-refractivity contribution in [2.24, 2.45) is 12.0 Å². The molecule has 0 aliphatic rings. The quantitative estimate of drug-likeness (QED) is 0.624. The first-order valence-electron chi connectivity index (χ1n) is 5.89. The predicted molar refractivity (Wildman–Crippen MR) is 73.6 cm³/mol. The summed E-state index contributed by atoms with van der Waals surface area (Å²) < 4.78 is 7.39. The van der Waals surface area contributed by atoms with Crippen molar-refractivity contribution in [1.29, 1.82) is 0 Å². The van der Waals surface area contributed by atoms with E-state index in [1.54, 1.807) is 6.26 Å². The summed E-state index contributed by atoms with van der Waals surface area (Å²) in [6, 6.07) is 12.0. The minimum Gasteiger partial charge on any atom is -0.447 e. The van der Waals surface area contributed by atoms with E-state index in [0.717, 1.165) is 5.56 Å². The highest BCUT2D eigenvalue weighted by atomic mass is 16.3. The monoisotopic (exact) mass is 238 g/mol. The Balaban J connectivity index is 2.14. The fourth-order valence-electron chi connectivity index (χ4n) is 2.18. The van der Waals surface area contributed by atoms with Gasteiger partial charge in [-0.15, -0.1) is 0 Å². The third-order valence-electron chi connectivity index (χ3n) is 3.28. The maximum Gasteiger partial charge on any atom is 0.218 e. The molecule has 0 fully saturated rings. The molecular weight excluding hydrogens is 224 g/mol. The van der Waals surface area contributed by atoms with Crippen molar-refractivity contribution in [3.63, 3.8) is 0 Å². The second kappa shape index (κ2) is 4.18. The van der Waals surface area contributed by atoms with Crippen molar-refractivity contribution < 1.29 is 4.42 Å². The van der Waals surface area contributed by atoms with E-state index >= 15 is 0 Å². The van der Waals surface area contributed by atoms with Crippen molar-refractivity contribution >= 4 is 23.0 Å². The molecule has 0 aliphatic carbocycles. The van der Waals surface area contributed by atoms with Crippen LogP contribution in [0.25, 0.3) is 10.9 Å². The maximum absolute atomic E-state index is 5.21. The summed E-state index contributed by atoms with van der Waals surface area (Å²) in [5.41, 5.74) is 3.56. The van der Waals surface area contributed by atoms with Gasteiger partial charge in [0.2, 0.25) is 5.88 Å². The molecule has 0 unspecified atom stereocenters. The van der Waals surface area contributed by atoms with Gasteiger partial charge in [-0.25, -0.2) is 4.99 Å². The van der Waals surface area contributed by atoms with Crippen molar-refractivity contribution in [3.8, 4) is 0 Å². The molecule has 90 valence electrons. The molecule has 0 radical (unpaired) electrons. The fraction of sp³-hybridized carbons (Fsp3) is 0.133. The number of aliphatic imine (C=N–C) groups is 1. The zero-order valence-electron chi connectivity index (χ0n) is 10.4. The van der Waals surface area contributed by atoms with Gasteiger partial charge in [-0.3, -0.25) is 0 Å².